The van der Waals surface area contributed by atoms with Crippen LogP contribution in [-0.4, -0.2) is 16.6 Å². The lowest BCUT2D eigenvalue weighted by atomic mass is 9.86. The normalized spacial score (nSPS) is 26.4. The van der Waals surface area contributed by atoms with Crippen LogP contribution in [0.1, 0.15) is 46.0 Å². The number of aliphatic carboxylic acids is 1. The van der Waals surface area contributed by atoms with E-state index in [9.17, 15) is 9.90 Å². The van der Waals surface area contributed by atoms with Gasteiger partial charge in [0.2, 0.25) is 0 Å². The minimum atomic E-state index is -0.829. The van der Waals surface area contributed by atoms with Crippen LogP contribution in [0.25, 0.3) is 0 Å². The molecule has 2 unspecified atom stereocenters. The molecule has 1 saturated carbocycles. The van der Waals surface area contributed by atoms with Crippen molar-refractivity contribution in [1.29, 1.82) is 0 Å². The van der Waals surface area contributed by atoms with E-state index in [2.05, 4.69) is 35.1 Å². The van der Waals surface area contributed by atoms with Crippen molar-refractivity contribution >= 4 is 27.6 Å². The molecule has 0 aromatic heterocycles. The fourth-order valence-corrected chi connectivity index (χ4v) is 3.67. The van der Waals surface area contributed by atoms with Gasteiger partial charge in [-0.15, -0.1) is 0 Å². The first-order valence-electron chi connectivity index (χ1n) is 7.70. The van der Waals surface area contributed by atoms with Gasteiger partial charge in [-0.05, 0) is 49.3 Å². The molecule has 3 nitrogen and oxygen atoms in total. The van der Waals surface area contributed by atoms with Gasteiger partial charge in [-0.3, -0.25) is 0 Å². The van der Waals surface area contributed by atoms with Crippen LogP contribution in [0.5, 0.6) is 0 Å². The van der Waals surface area contributed by atoms with Crippen LogP contribution in [-0.2, 0) is 4.79 Å². The smallest absolute Gasteiger partial charge is 0.329 e. The second-order valence-electron chi connectivity index (χ2n) is 6.46. The molecule has 1 aromatic rings. The average molecular weight is 354 g/mol. The maximum Gasteiger partial charge on any atom is 0.329 e. The van der Waals surface area contributed by atoms with E-state index in [-0.39, 0.29) is 0 Å². The Labute approximate surface area is 135 Å². The van der Waals surface area contributed by atoms with Crippen molar-refractivity contribution in [2.75, 3.05) is 5.32 Å². The Morgan fingerprint density at radius 2 is 2.14 bits per heavy atom. The summed E-state index contributed by atoms with van der Waals surface area (Å²) in [4.78, 5) is 11.9. The average Bonchev–Trinajstić information content (AvgIpc) is 2.62. The van der Waals surface area contributed by atoms with E-state index in [1.54, 1.807) is 0 Å². The fraction of sp³-hybridized carbons (Fsp3) is 0.588. The fourth-order valence-electron chi connectivity index (χ4n) is 3.27. The standard InChI is InChI=1S/C17H24BrNO2/c1-12(2)13-5-4-9-17(10-8-13,16(20)21)19-15-7-3-6-14(18)11-15/h3,6-7,11-13,19H,4-5,8-10H2,1-2H3,(H,20,21). The lowest BCUT2D eigenvalue weighted by molar-refractivity contribution is -0.142. The van der Waals surface area contributed by atoms with Gasteiger partial charge in [0.25, 0.3) is 0 Å². The van der Waals surface area contributed by atoms with Crippen molar-refractivity contribution in [2.45, 2.75) is 51.5 Å². The minimum Gasteiger partial charge on any atom is -0.480 e. The number of hydrogen-bond acceptors (Lipinski definition) is 2. The molecular weight excluding hydrogens is 330 g/mol. The summed E-state index contributed by atoms with van der Waals surface area (Å²) in [6.07, 6.45) is 4.46. The van der Waals surface area contributed by atoms with Crippen molar-refractivity contribution in [3.05, 3.63) is 28.7 Å². The number of anilines is 1. The molecule has 1 aliphatic rings. The molecule has 4 heteroatoms. The third-order valence-corrected chi connectivity index (χ3v) is 5.17. The molecular formula is C17H24BrNO2. The van der Waals surface area contributed by atoms with Crippen molar-refractivity contribution in [2.24, 2.45) is 11.8 Å². The second-order valence-corrected chi connectivity index (χ2v) is 7.37. The number of carbonyl (C=O) groups is 1. The molecule has 0 spiro atoms. The zero-order chi connectivity index (χ0) is 15.5. The lowest BCUT2D eigenvalue weighted by Crippen LogP contribution is -2.46. The van der Waals surface area contributed by atoms with E-state index < -0.39 is 11.5 Å². The topological polar surface area (TPSA) is 49.3 Å². The first-order valence-corrected chi connectivity index (χ1v) is 8.49. The maximum atomic E-state index is 11.9. The molecule has 0 radical (unpaired) electrons. The predicted molar refractivity (Wildman–Crippen MR) is 89.5 cm³/mol. The summed E-state index contributed by atoms with van der Waals surface area (Å²) in [5.41, 5.74) is 0.0412. The molecule has 1 aromatic carbocycles. The number of carboxylic acids is 1. The monoisotopic (exact) mass is 353 g/mol. The summed E-state index contributed by atoms with van der Waals surface area (Å²) in [7, 11) is 0. The summed E-state index contributed by atoms with van der Waals surface area (Å²) < 4.78 is 0.960. The number of carboxylic acid groups (broad SMARTS) is 1. The van der Waals surface area contributed by atoms with E-state index in [1.165, 1.54) is 0 Å². The Morgan fingerprint density at radius 3 is 2.76 bits per heavy atom. The highest BCUT2D eigenvalue weighted by Crippen LogP contribution is 2.36. The summed E-state index contributed by atoms with van der Waals surface area (Å²) in [6.45, 7) is 4.47. The van der Waals surface area contributed by atoms with Gasteiger partial charge >= 0.3 is 5.97 Å². The van der Waals surface area contributed by atoms with Crippen molar-refractivity contribution in [1.82, 2.24) is 0 Å². The molecule has 2 rings (SSSR count). The SMILES string of the molecule is CC(C)C1CCCC(Nc2cccc(Br)c2)(C(=O)O)CC1. The molecule has 116 valence electrons. The molecule has 1 aliphatic carbocycles. The van der Waals surface area contributed by atoms with E-state index in [0.717, 1.165) is 29.4 Å². The highest BCUT2D eigenvalue weighted by Gasteiger charge is 2.40. The quantitative estimate of drug-likeness (QED) is 0.755. The first kappa shape index (κ1) is 16.3. The molecule has 2 N–H and O–H groups in total. The first-order chi connectivity index (χ1) is 9.93. The summed E-state index contributed by atoms with van der Waals surface area (Å²) >= 11 is 3.44. The summed E-state index contributed by atoms with van der Waals surface area (Å²) in [6, 6.07) is 7.74. The van der Waals surface area contributed by atoms with Crippen LogP contribution in [0.2, 0.25) is 0 Å². The van der Waals surface area contributed by atoms with E-state index >= 15 is 0 Å². The van der Waals surface area contributed by atoms with Crippen molar-refractivity contribution < 1.29 is 9.90 Å². The largest absolute Gasteiger partial charge is 0.480 e. The zero-order valence-electron chi connectivity index (χ0n) is 12.7. The van der Waals surface area contributed by atoms with Crippen LogP contribution in [0.15, 0.2) is 28.7 Å². The number of hydrogen-bond donors (Lipinski definition) is 2. The van der Waals surface area contributed by atoms with Crippen molar-refractivity contribution in [3.63, 3.8) is 0 Å². The molecule has 0 heterocycles. The van der Waals surface area contributed by atoms with Gasteiger partial charge in [0.15, 0.2) is 0 Å². The molecule has 1 fully saturated rings. The third-order valence-electron chi connectivity index (χ3n) is 4.68. The summed E-state index contributed by atoms with van der Waals surface area (Å²) in [5.74, 6) is 0.530. The second kappa shape index (κ2) is 6.82. The number of halogens is 1. The lowest BCUT2D eigenvalue weighted by Gasteiger charge is -2.31. The van der Waals surface area contributed by atoms with Gasteiger partial charge in [-0.25, -0.2) is 4.79 Å². The van der Waals surface area contributed by atoms with Crippen molar-refractivity contribution in [3.8, 4) is 0 Å². The van der Waals surface area contributed by atoms with Crippen LogP contribution >= 0.6 is 15.9 Å². The summed E-state index contributed by atoms with van der Waals surface area (Å²) in [5, 5.41) is 13.1. The van der Waals surface area contributed by atoms with E-state index in [1.807, 2.05) is 24.3 Å². The third kappa shape index (κ3) is 4.00. The highest BCUT2D eigenvalue weighted by molar-refractivity contribution is 9.10. The minimum absolute atomic E-state index is 0.625. The molecule has 0 aliphatic heterocycles. The molecule has 0 bridgehead atoms. The van der Waals surface area contributed by atoms with Crippen LogP contribution in [0.4, 0.5) is 5.69 Å². The van der Waals surface area contributed by atoms with Crippen LogP contribution in [0.3, 0.4) is 0 Å². The Bertz CT molecular complexity index is 503. The van der Waals surface area contributed by atoms with Gasteiger partial charge in [0.05, 0.1) is 0 Å². The Balaban J connectivity index is 2.19. The predicted octanol–water partition coefficient (Wildman–Crippen LogP) is 4.92. The van der Waals surface area contributed by atoms with E-state index in [0.29, 0.717) is 24.7 Å². The number of benzene rings is 1. The maximum absolute atomic E-state index is 11.9. The zero-order valence-corrected chi connectivity index (χ0v) is 14.3. The molecule has 0 amide bonds. The van der Waals surface area contributed by atoms with Gasteiger partial charge in [0, 0.05) is 10.2 Å². The number of nitrogens with one attached hydrogen (secondary N) is 1. The van der Waals surface area contributed by atoms with Gasteiger partial charge < -0.3 is 10.4 Å². The Kier molecular flexibility index (Phi) is 5.31. The highest BCUT2D eigenvalue weighted by atomic mass is 79.9. The van der Waals surface area contributed by atoms with Crippen LogP contribution in [0, 0.1) is 11.8 Å². The number of rotatable bonds is 4. The van der Waals surface area contributed by atoms with Gasteiger partial charge in [-0.1, -0.05) is 48.7 Å². The molecule has 21 heavy (non-hydrogen) atoms. The molecule has 2 atom stereocenters. The molecule has 0 saturated heterocycles. The van der Waals surface area contributed by atoms with Crippen LogP contribution < -0.4 is 5.32 Å². The van der Waals surface area contributed by atoms with Gasteiger partial charge in [0.1, 0.15) is 5.54 Å². The van der Waals surface area contributed by atoms with Gasteiger partial charge in [-0.2, -0.15) is 0 Å². The van der Waals surface area contributed by atoms with E-state index in [4.69, 9.17) is 0 Å². The Hall–Kier alpha value is -1.03. The Morgan fingerprint density at radius 1 is 1.38 bits per heavy atom.